The zero-order valence-electron chi connectivity index (χ0n) is 14.4. The van der Waals surface area contributed by atoms with Crippen LogP contribution in [0.25, 0.3) is 10.9 Å². The second-order valence-corrected chi connectivity index (χ2v) is 7.63. The van der Waals surface area contributed by atoms with Crippen LogP contribution in [0.1, 0.15) is 37.8 Å². The molecule has 2 fully saturated rings. The summed E-state index contributed by atoms with van der Waals surface area (Å²) < 4.78 is 1.26. The molecule has 2 bridgehead atoms. The topological polar surface area (TPSA) is 113 Å². The lowest BCUT2D eigenvalue weighted by Gasteiger charge is -2.22. The molecule has 1 heterocycles. The predicted molar refractivity (Wildman–Crippen MR) is 94.2 cm³/mol. The van der Waals surface area contributed by atoms with E-state index in [1.807, 2.05) is 0 Å². The number of phenols is 2. The van der Waals surface area contributed by atoms with Crippen LogP contribution in [0.4, 0.5) is 0 Å². The van der Waals surface area contributed by atoms with Gasteiger partial charge in [0.05, 0.1) is 17.6 Å². The second-order valence-electron chi connectivity index (χ2n) is 7.63. The number of aliphatic carboxylic acids is 1. The van der Waals surface area contributed by atoms with Gasteiger partial charge in [0.2, 0.25) is 0 Å². The summed E-state index contributed by atoms with van der Waals surface area (Å²) in [6.07, 6.45) is 5.39. The zero-order chi connectivity index (χ0) is 18.4. The van der Waals surface area contributed by atoms with Crippen LogP contribution in [0.15, 0.2) is 16.9 Å². The molecular weight excluding hydrogens is 336 g/mol. The van der Waals surface area contributed by atoms with E-state index in [0.717, 1.165) is 12.3 Å². The molecule has 0 radical (unpaired) electrons. The molecule has 3 N–H and O–H groups in total. The Morgan fingerprint density at radius 2 is 1.96 bits per heavy atom. The monoisotopic (exact) mass is 358 g/mol. The van der Waals surface area contributed by atoms with Crippen molar-refractivity contribution in [2.75, 3.05) is 0 Å². The molecule has 0 saturated heterocycles. The molecule has 138 valence electrons. The fourth-order valence-corrected chi connectivity index (χ4v) is 4.81. The van der Waals surface area contributed by atoms with Crippen molar-refractivity contribution in [3.63, 3.8) is 0 Å². The van der Waals surface area contributed by atoms with Gasteiger partial charge in [0, 0.05) is 18.0 Å². The maximum absolute atomic E-state index is 12.5. The first kappa shape index (κ1) is 16.9. The van der Waals surface area contributed by atoms with E-state index in [1.165, 1.54) is 36.0 Å². The fourth-order valence-electron chi connectivity index (χ4n) is 4.81. The maximum Gasteiger partial charge on any atom is 0.348 e. The van der Waals surface area contributed by atoms with Crippen molar-refractivity contribution in [3.8, 4) is 11.5 Å². The minimum Gasteiger partial charge on any atom is -0.504 e. The number of carbonyl (C=O) groups is 1. The highest BCUT2D eigenvalue weighted by Crippen LogP contribution is 2.49. The van der Waals surface area contributed by atoms with Gasteiger partial charge in [0.1, 0.15) is 0 Å². The average molecular weight is 358 g/mol. The van der Waals surface area contributed by atoms with E-state index in [-0.39, 0.29) is 24.5 Å². The number of aryl methyl sites for hydroxylation is 1. The summed E-state index contributed by atoms with van der Waals surface area (Å²) in [5, 5.41) is 29.3. The number of carboxylic acid groups (broad SMARTS) is 1. The Kier molecular flexibility index (Phi) is 4.09. The van der Waals surface area contributed by atoms with Crippen molar-refractivity contribution in [2.45, 2.75) is 45.1 Å². The van der Waals surface area contributed by atoms with Crippen molar-refractivity contribution in [3.05, 3.63) is 28.3 Å². The van der Waals surface area contributed by atoms with Gasteiger partial charge in [0.15, 0.2) is 11.5 Å². The third-order valence-corrected chi connectivity index (χ3v) is 6.05. The molecule has 1 aromatic heterocycles. The average Bonchev–Trinajstić information content (AvgIpc) is 3.19. The number of aromatic nitrogens is 2. The fraction of sp³-hybridized carbons (Fsp3) is 0.526. The molecule has 4 rings (SSSR count). The number of rotatable bonds is 5. The van der Waals surface area contributed by atoms with Gasteiger partial charge in [-0.3, -0.25) is 9.36 Å². The first-order valence-corrected chi connectivity index (χ1v) is 9.09. The number of hydrogen-bond donors (Lipinski definition) is 3. The smallest absolute Gasteiger partial charge is 0.348 e. The van der Waals surface area contributed by atoms with Crippen molar-refractivity contribution in [2.24, 2.45) is 17.8 Å². The minimum atomic E-state index is -1.01. The van der Waals surface area contributed by atoms with Gasteiger partial charge in [-0.25, -0.2) is 4.79 Å². The van der Waals surface area contributed by atoms with E-state index in [9.17, 15) is 19.8 Å². The van der Waals surface area contributed by atoms with Crippen LogP contribution in [0.2, 0.25) is 0 Å². The summed E-state index contributed by atoms with van der Waals surface area (Å²) in [5.74, 6) is 0.338. The Morgan fingerprint density at radius 1 is 1.19 bits per heavy atom. The molecule has 26 heavy (non-hydrogen) atoms. The molecular formula is C19H22N2O5. The number of fused-ring (bicyclic) bond motifs is 3. The Balaban J connectivity index is 1.78. The predicted octanol–water partition coefficient (Wildman–Crippen LogP) is 2.26. The molecule has 0 aliphatic heterocycles. The summed E-state index contributed by atoms with van der Waals surface area (Å²) in [6, 6.07) is 2.75. The Morgan fingerprint density at radius 3 is 2.62 bits per heavy atom. The highest BCUT2D eigenvalue weighted by atomic mass is 16.4. The number of hydrogen-bond acceptors (Lipinski definition) is 5. The standard InChI is InChI=1S/C19H22N2O5/c22-16-8-13-14(7-12-6-10-1-2-11(12)5-10)20-19(26)21(4-3-18(24)25)15(13)9-17(16)23/h8-12,22-23H,1-7H2,(H,24,25). The van der Waals surface area contributed by atoms with Gasteiger partial charge in [-0.2, -0.15) is 4.98 Å². The van der Waals surface area contributed by atoms with E-state index in [2.05, 4.69) is 4.98 Å². The van der Waals surface area contributed by atoms with Crippen molar-refractivity contribution in [1.29, 1.82) is 0 Å². The largest absolute Gasteiger partial charge is 0.504 e. The third-order valence-electron chi connectivity index (χ3n) is 6.05. The van der Waals surface area contributed by atoms with E-state index in [4.69, 9.17) is 5.11 Å². The SMILES string of the molecule is O=C(O)CCn1c(=O)nc(CC2CC3CCC2C3)c2cc(O)c(O)cc21. The van der Waals surface area contributed by atoms with Crippen molar-refractivity contribution in [1.82, 2.24) is 9.55 Å². The van der Waals surface area contributed by atoms with Crippen molar-refractivity contribution >= 4 is 16.9 Å². The Labute approximate surface area is 149 Å². The van der Waals surface area contributed by atoms with Crippen molar-refractivity contribution < 1.29 is 20.1 Å². The van der Waals surface area contributed by atoms with E-state index in [0.29, 0.717) is 34.9 Å². The zero-order valence-corrected chi connectivity index (χ0v) is 14.4. The second kappa shape index (κ2) is 6.30. The Hall–Kier alpha value is -2.57. The summed E-state index contributed by atoms with van der Waals surface area (Å²) in [7, 11) is 0. The number of phenolic OH excluding ortho intramolecular Hbond substituents is 2. The van der Waals surface area contributed by atoms with E-state index in [1.54, 1.807) is 0 Å². The van der Waals surface area contributed by atoms with Gasteiger partial charge in [0.25, 0.3) is 0 Å². The first-order chi connectivity index (χ1) is 12.4. The molecule has 7 heteroatoms. The summed E-state index contributed by atoms with van der Waals surface area (Å²) in [5.41, 5.74) is 0.533. The highest BCUT2D eigenvalue weighted by Gasteiger charge is 2.39. The lowest BCUT2D eigenvalue weighted by molar-refractivity contribution is -0.137. The van der Waals surface area contributed by atoms with Crippen LogP contribution in [0.5, 0.6) is 11.5 Å². The third kappa shape index (κ3) is 2.91. The molecule has 0 amide bonds. The minimum absolute atomic E-state index is 0.0315. The maximum atomic E-state index is 12.5. The lowest BCUT2D eigenvalue weighted by atomic mass is 9.85. The molecule has 2 aliphatic carbocycles. The molecule has 2 aromatic rings. The quantitative estimate of drug-likeness (QED) is 0.707. The van der Waals surface area contributed by atoms with Crippen LogP contribution >= 0.6 is 0 Å². The molecule has 2 saturated carbocycles. The van der Waals surface area contributed by atoms with E-state index < -0.39 is 11.7 Å². The number of carboxylic acids is 1. The van der Waals surface area contributed by atoms with Gasteiger partial charge in [-0.1, -0.05) is 6.42 Å². The van der Waals surface area contributed by atoms with Gasteiger partial charge >= 0.3 is 11.7 Å². The highest BCUT2D eigenvalue weighted by molar-refractivity contribution is 5.85. The Bertz CT molecular complexity index is 936. The van der Waals surface area contributed by atoms with Crippen LogP contribution in [0, 0.1) is 17.8 Å². The van der Waals surface area contributed by atoms with Crippen LogP contribution < -0.4 is 5.69 Å². The molecule has 3 atom stereocenters. The summed E-state index contributed by atoms with van der Waals surface area (Å²) in [6.45, 7) is -0.0315. The molecule has 2 aliphatic rings. The first-order valence-electron chi connectivity index (χ1n) is 9.09. The van der Waals surface area contributed by atoms with Crippen LogP contribution in [0.3, 0.4) is 0 Å². The number of aromatic hydroxyl groups is 2. The number of nitrogens with zero attached hydrogens (tertiary/aromatic N) is 2. The molecule has 1 aromatic carbocycles. The van der Waals surface area contributed by atoms with Crippen LogP contribution in [-0.4, -0.2) is 30.8 Å². The summed E-state index contributed by atoms with van der Waals surface area (Å²) in [4.78, 5) is 27.6. The van der Waals surface area contributed by atoms with Gasteiger partial charge in [-0.05, 0) is 49.5 Å². The number of benzene rings is 1. The molecule has 3 unspecified atom stereocenters. The van der Waals surface area contributed by atoms with Gasteiger partial charge < -0.3 is 15.3 Å². The normalized spacial score (nSPS) is 24.4. The lowest BCUT2D eigenvalue weighted by Crippen LogP contribution is -2.27. The van der Waals surface area contributed by atoms with Crippen LogP contribution in [-0.2, 0) is 17.8 Å². The van der Waals surface area contributed by atoms with E-state index >= 15 is 0 Å². The van der Waals surface area contributed by atoms with Gasteiger partial charge in [-0.15, -0.1) is 0 Å². The summed E-state index contributed by atoms with van der Waals surface area (Å²) >= 11 is 0. The molecule has 0 spiro atoms. The molecule has 7 nitrogen and oxygen atoms in total.